The van der Waals surface area contributed by atoms with Crippen molar-refractivity contribution < 1.29 is 24.4 Å². The number of fused-ring (bicyclic) bond motifs is 4. The van der Waals surface area contributed by atoms with E-state index in [9.17, 15) is 10.2 Å². The molecule has 0 radical (unpaired) electrons. The highest BCUT2D eigenvalue weighted by Crippen LogP contribution is 2.56. The Bertz CT molecular complexity index is 894. The number of benzene rings is 2. The van der Waals surface area contributed by atoms with E-state index in [0.717, 1.165) is 34.2 Å². The first-order valence-electron chi connectivity index (χ1n) is 8.33. The normalized spacial score (nSPS) is 23.2. The molecule has 0 bridgehead atoms. The Morgan fingerprint density at radius 1 is 1.24 bits per heavy atom. The number of phenols is 1. The van der Waals surface area contributed by atoms with Crippen LogP contribution in [0.2, 0.25) is 0 Å². The van der Waals surface area contributed by atoms with Gasteiger partial charge in [-0.25, -0.2) is 0 Å². The Balaban J connectivity index is 1.86. The van der Waals surface area contributed by atoms with E-state index in [1.807, 2.05) is 19.2 Å². The summed E-state index contributed by atoms with van der Waals surface area (Å²) in [5.41, 5.74) is 4.88. The number of likely N-dealkylation sites (N-methyl/N-ethyl adjacent to an activating group) is 1. The average Bonchev–Trinajstić information content (AvgIpc) is 3.06. The van der Waals surface area contributed by atoms with Crippen LogP contribution in [0.1, 0.15) is 28.8 Å². The summed E-state index contributed by atoms with van der Waals surface area (Å²) in [5, 5.41) is 20.9. The van der Waals surface area contributed by atoms with Gasteiger partial charge in [-0.15, -0.1) is 0 Å². The van der Waals surface area contributed by atoms with Crippen molar-refractivity contribution in [3.63, 3.8) is 0 Å². The fourth-order valence-corrected chi connectivity index (χ4v) is 4.34. The molecular weight excluding hydrogens is 322 g/mol. The average molecular weight is 341 g/mol. The number of ether oxygens (including phenoxy) is 3. The summed E-state index contributed by atoms with van der Waals surface area (Å²) in [4.78, 5) is 2.17. The van der Waals surface area contributed by atoms with E-state index in [4.69, 9.17) is 14.2 Å². The summed E-state index contributed by atoms with van der Waals surface area (Å²) < 4.78 is 16.6. The highest BCUT2D eigenvalue weighted by Gasteiger charge is 2.40. The molecule has 0 aromatic heterocycles. The maximum Gasteiger partial charge on any atom is 0.231 e. The van der Waals surface area contributed by atoms with Crippen molar-refractivity contribution in [2.75, 3.05) is 27.5 Å². The van der Waals surface area contributed by atoms with Crippen LogP contribution in [0.25, 0.3) is 11.1 Å². The van der Waals surface area contributed by atoms with Crippen LogP contribution in [0.4, 0.5) is 0 Å². The van der Waals surface area contributed by atoms with Crippen LogP contribution in [-0.4, -0.2) is 42.6 Å². The predicted molar refractivity (Wildman–Crippen MR) is 90.3 cm³/mol. The minimum Gasteiger partial charge on any atom is -0.504 e. The Hall–Kier alpha value is -2.44. The molecular formula is C19H19NO5. The second-order valence-electron chi connectivity index (χ2n) is 6.84. The molecule has 0 unspecified atom stereocenters. The predicted octanol–water partition coefficient (Wildman–Crippen LogP) is 2.37. The van der Waals surface area contributed by atoms with Gasteiger partial charge >= 0.3 is 0 Å². The number of methoxy groups -OCH3 is 1. The van der Waals surface area contributed by atoms with Gasteiger partial charge in [0.2, 0.25) is 6.79 Å². The fraction of sp³-hybridized carbons (Fsp3) is 0.368. The van der Waals surface area contributed by atoms with E-state index >= 15 is 0 Å². The zero-order valence-corrected chi connectivity index (χ0v) is 14.1. The van der Waals surface area contributed by atoms with Gasteiger partial charge in [0.1, 0.15) is 0 Å². The molecule has 2 atom stereocenters. The maximum atomic E-state index is 10.6. The summed E-state index contributed by atoms with van der Waals surface area (Å²) in [6.45, 7) is 0.737. The largest absolute Gasteiger partial charge is 0.504 e. The molecule has 1 aliphatic carbocycles. The topological polar surface area (TPSA) is 71.4 Å². The number of aromatic hydroxyl groups is 1. The van der Waals surface area contributed by atoms with E-state index in [-0.39, 0.29) is 18.6 Å². The summed E-state index contributed by atoms with van der Waals surface area (Å²) in [6, 6.07) is 5.66. The summed E-state index contributed by atoms with van der Waals surface area (Å²) in [6.07, 6.45) is 0.215. The number of aliphatic hydroxyl groups excluding tert-OH is 1. The molecule has 5 rings (SSSR count). The quantitative estimate of drug-likeness (QED) is 0.830. The molecule has 2 N–H and O–H groups in total. The van der Waals surface area contributed by atoms with Gasteiger partial charge in [-0.3, -0.25) is 4.90 Å². The van der Waals surface area contributed by atoms with Gasteiger partial charge in [-0.05, 0) is 53.9 Å². The molecule has 6 nitrogen and oxygen atoms in total. The third kappa shape index (κ3) is 1.92. The van der Waals surface area contributed by atoms with E-state index in [1.165, 1.54) is 0 Å². The van der Waals surface area contributed by atoms with Gasteiger partial charge in [0.15, 0.2) is 23.0 Å². The van der Waals surface area contributed by atoms with E-state index < -0.39 is 6.10 Å². The van der Waals surface area contributed by atoms with Gasteiger partial charge in [0, 0.05) is 18.2 Å². The molecule has 2 aliphatic heterocycles. The number of β-amino-alcohol motifs (C(OH)–C–C–N with tert-alkyl or cyclic N) is 1. The SMILES string of the molecule is COc1cc2c(cc1O)-c1c3c(cc4c1[C@H](C2)N(C)C[C@@H]4O)OCO3. The smallest absolute Gasteiger partial charge is 0.231 e. The number of aliphatic hydroxyl groups is 1. The zero-order chi connectivity index (χ0) is 17.3. The number of nitrogens with zero attached hydrogens (tertiary/aromatic N) is 1. The van der Waals surface area contributed by atoms with Gasteiger partial charge in [-0.1, -0.05) is 0 Å². The molecule has 25 heavy (non-hydrogen) atoms. The zero-order valence-electron chi connectivity index (χ0n) is 14.1. The molecule has 130 valence electrons. The van der Waals surface area contributed by atoms with Crippen LogP contribution < -0.4 is 14.2 Å². The Labute approximate surface area is 145 Å². The summed E-state index contributed by atoms with van der Waals surface area (Å²) in [5.74, 6) is 1.90. The second kappa shape index (κ2) is 5.03. The van der Waals surface area contributed by atoms with Crippen LogP contribution in [0.15, 0.2) is 18.2 Å². The molecule has 0 saturated carbocycles. The monoisotopic (exact) mass is 341 g/mol. The van der Waals surface area contributed by atoms with Crippen molar-refractivity contribution in [3.8, 4) is 34.1 Å². The van der Waals surface area contributed by atoms with Gasteiger partial charge in [0.05, 0.1) is 13.2 Å². The fourth-order valence-electron chi connectivity index (χ4n) is 4.34. The van der Waals surface area contributed by atoms with Crippen LogP contribution in [0.3, 0.4) is 0 Å². The lowest BCUT2D eigenvalue weighted by Gasteiger charge is -2.41. The van der Waals surface area contributed by atoms with E-state index in [2.05, 4.69) is 4.90 Å². The lowest BCUT2D eigenvalue weighted by molar-refractivity contribution is 0.0831. The Kier molecular flexibility index (Phi) is 2.99. The molecule has 0 amide bonds. The molecule has 3 aliphatic rings. The molecule has 0 fully saturated rings. The summed E-state index contributed by atoms with van der Waals surface area (Å²) in [7, 11) is 3.57. The van der Waals surface area contributed by atoms with Crippen molar-refractivity contribution in [3.05, 3.63) is 34.9 Å². The first-order valence-corrected chi connectivity index (χ1v) is 8.33. The van der Waals surface area contributed by atoms with Crippen LogP contribution in [-0.2, 0) is 6.42 Å². The van der Waals surface area contributed by atoms with Crippen molar-refractivity contribution in [2.24, 2.45) is 0 Å². The third-order valence-electron chi connectivity index (χ3n) is 5.51. The van der Waals surface area contributed by atoms with Crippen molar-refractivity contribution >= 4 is 0 Å². The van der Waals surface area contributed by atoms with E-state index in [0.29, 0.717) is 23.8 Å². The van der Waals surface area contributed by atoms with Gasteiger partial charge in [0.25, 0.3) is 0 Å². The first kappa shape index (κ1) is 14.9. The van der Waals surface area contributed by atoms with E-state index in [1.54, 1.807) is 13.2 Å². The van der Waals surface area contributed by atoms with Gasteiger partial charge in [-0.2, -0.15) is 0 Å². The molecule has 0 spiro atoms. The highest BCUT2D eigenvalue weighted by atomic mass is 16.7. The van der Waals surface area contributed by atoms with Gasteiger partial charge < -0.3 is 24.4 Å². The van der Waals surface area contributed by atoms with Crippen molar-refractivity contribution in [1.29, 1.82) is 0 Å². The molecule has 2 heterocycles. The highest BCUT2D eigenvalue weighted by molar-refractivity contribution is 5.85. The number of hydrogen-bond acceptors (Lipinski definition) is 6. The minimum absolute atomic E-state index is 0.0923. The van der Waals surface area contributed by atoms with Crippen LogP contribution in [0, 0.1) is 0 Å². The first-order chi connectivity index (χ1) is 12.1. The van der Waals surface area contributed by atoms with Crippen LogP contribution >= 0.6 is 0 Å². The van der Waals surface area contributed by atoms with Crippen molar-refractivity contribution in [2.45, 2.75) is 18.6 Å². The van der Waals surface area contributed by atoms with Crippen molar-refractivity contribution in [1.82, 2.24) is 4.90 Å². The Morgan fingerprint density at radius 3 is 2.88 bits per heavy atom. The summed E-state index contributed by atoms with van der Waals surface area (Å²) >= 11 is 0. The lowest BCUT2D eigenvalue weighted by atomic mass is 9.76. The number of hydrogen-bond donors (Lipinski definition) is 2. The third-order valence-corrected chi connectivity index (χ3v) is 5.51. The second-order valence-corrected chi connectivity index (χ2v) is 6.84. The Morgan fingerprint density at radius 2 is 2.08 bits per heavy atom. The standard InChI is InChI=1S/C19H19NO5/c1-20-7-14(22)11-6-16-19(25-8-24-16)18-10-5-13(21)15(23-2)4-9(10)3-12(20)17(11)18/h4-6,12,14,21-22H,3,7-8H2,1-2H3/t12-,14-/m0/s1. The lowest BCUT2D eigenvalue weighted by Crippen LogP contribution is -2.38. The van der Waals surface area contributed by atoms with Crippen LogP contribution in [0.5, 0.6) is 23.0 Å². The maximum absolute atomic E-state index is 10.6. The number of phenolic OH excluding ortho intramolecular Hbond substituents is 1. The molecule has 2 aromatic carbocycles. The number of rotatable bonds is 1. The molecule has 0 saturated heterocycles. The molecule has 2 aromatic rings. The molecule has 6 heteroatoms. The minimum atomic E-state index is -0.571.